The van der Waals surface area contributed by atoms with E-state index in [0.29, 0.717) is 4.48 Å². The molecule has 0 fully saturated rings. The summed E-state index contributed by atoms with van der Waals surface area (Å²) in [6.45, 7) is 8.38. The van der Waals surface area contributed by atoms with Crippen molar-refractivity contribution in [2.75, 3.05) is 26.7 Å². The molecule has 0 amide bonds. The minimum Gasteiger partial charge on any atom is -0.390 e. The molecule has 0 radical (unpaired) electrons. The van der Waals surface area contributed by atoms with Crippen molar-refractivity contribution in [1.82, 2.24) is 0 Å². The fraction of sp³-hybridized carbons (Fsp3) is 0.913. The first-order chi connectivity index (χ1) is 12.6. The van der Waals surface area contributed by atoms with E-state index < -0.39 is 6.10 Å². The second kappa shape index (κ2) is 16.8. The van der Waals surface area contributed by atoms with Gasteiger partial charge in [-0.15, -0.1) is 0 Å². The average molecular weight is 371 g/mol. The Morgan fingerprint density at radius 3 is 1.65 bits per heavy atom. The molecule has 0 aliphatic carbocycles. The maximum atomic E-state index is 10.4. The molecule has 2 atom stereocenters. The third-order valence-corrected chi connectivity index (χ3v) is 6.13. The van der Waals surface area contributed by atoms with Crippen molar-refractivity contribution in [2.24, 2.45) is 0 Å². The van der Waals surface area contributed by atoms with E-state index in [4.69, 9.17) is 0 Å². The number of aliphatic hydroxyl groups excluding tert-OH is 2. The molecule has 2 N–H and O–H groups in total. The van der Waals surface area contributed by atoms with E-state index in [-0.39, 0.29) is 12.6 Å². The lowest BCUT2D eigenvalue weighted by Crippen LogP contribution is -2.58. The third-order valence-electron chi connectivity index (χ3n) is 6.13. The number of quaternary nitrogens is 1. The van der Waals surface area contributed by atoms with Gasteiger partial charge >= 0.3 is 0 Å². The lowest BCUT2D eigenvalue weighted by atomic mass is 10.0. The van der Waals surface area contributed by atoms with Crippen molar-refractivity contribution in [1.29, 1.82) is 0 Å². The average Bonchev–Trinajstić information content (AvgIpc) is 2.65. The number of hydrogen-bond donors (Lipinski definition) is 2. The summed E-state index contributed by atoms with van der Waals surface area (Å²) in [6.07, 6.45) is 19.5. The summed E-state index contributed by atoms with van der Waals surface area (Å²) in [4.78, 5) is 0. The van der Waals surface area contributed by atoms with Crippen LogP contribution in [0.2, 0.25) is 0 Å². The molecule has 0 heterocycles. The number of aliphatic hydroxyl groups is 2. The second-order valence-corrected chi connectivity index (χ2v) is 8.10. The van der Waals surface area contributed by atoms with Crippen molar-refractivity contribution in [2.45, 2.75) is 110 Å². The normalized spacial score (nSPS) is 14.8. The van der Waals surface area contributed by atoms with Gasteiger partial charge in [-0.05, 0) is 26.7 Å². The molecule has 0 bridgehead atoms. The van der Waals surface area contributed by atoms with Gasteiger partial charge in [0.1, 0.15) is 12.1 Å². The zero-order valence-corrected chi connectivity index (χ0v) is 18.3. The van der Waals surface area contributed by atoms with Gasteiger partial charge in [-0.3, -0.25) is 0 Å². The van der Waals surface area contributed by atoms with Crippen molar-refractivity contribution in [3.8, 4) is 0 Å². The number of unbranched alkanes of at least 4 members (excludes halogenated alkanes) is 11. The van der Waals surface area contributed by atoms with Gasteiger partial charge in [0.15, 0.2) is 0 Å². The van der Waals surface area contributed by atoms with Crippen LogP contribution in [0, 0.1) is 0 Å². The van der Waals surface area contributed by atoms with Crippen LogP contribution in [0.1, 0.15) is 97.8 Å². The molecule has 0 saturated carbocycles. The Hall–Kier alpha value is -0.380. The van der Waals surface area contributed by atoms with Crippen LogP contribution >= 0.6 is 0 Å². The SMILES string of the molecule is CCCCCCCCCCCCC/C=C/[C@@H](O)[C@H](CO)[N+](C)(CC)CC. The van der Waals surface area contributed by atoms with Crippen LogP contribution in [-0.4, -0.2) is 53.6 Å². The predicted octanol–water partition coefficient (Wildman–Crippen LogP) is 5.45. The summed E-state index contributed by atoms with van der Waals surface area (Å²) >= 11 is 0. The van der Waals surface area contributed by atoms with Crippen molar-refractivity contribution in [3.63, 3.8) is 0 Å². The van der Waals surface area contributed by atoms with Crippen LogP contribution < -0.4 is 0 Å². The molecule has 3 heteroatoms. The fourth-order valence-corrected chi connectivity index (χ4v) is 3.66. The van der Waals surface area contributed by atoms with Gasteiger partial charge < -0.3 is 14.7 Å². The highest BCUT2D eigenvalue weighted by atomic mass is 16.3. The molecular weight excluding hydrogens is 322 g/mol. The van der Waals surface area contributed by atoms with E-state index in [0.717, 1.165) is 19.5 Å². The molecule has 0 aromatic carbocycles. The summed E-state index contributed by atoms with van der Waals surface area (Å²) in [6, 6.07) is -0.126. The Kier molecular flexibility index (Phi) is 16.5. The van der Waals surface area contributed by atoms with Gasteiger partial charge in [-0.2, -0.15) is 0 Å². The zero-order valence-electron chi connectivity index (χ0n) is 18.3. The number of hydrogen-bond acceptors (Lipinski definition) is 2. The zero-order chi connectivity index (χ0) is 19.7. The summed E-state index contributed by atoms with van der Waals surface area (Å²) in [7, 11) is 2.11. The smallest absolute Gasteiger partial charge is 0.142 e. The van der Waals surface area contributed by atoms with Gasteiger partial charge in [-0.1, -0.05) is 83.3 Å². The van der Waals surface area contributed by atoms with Gasteiger partial charge in [-0.25, -0.2) is 0 Å². The Labute approximate surface area is 164 Å². The first kappa shape index (κ1) is 25.6. The maximum Gasteiger partial charge on any atom is 0.142 e. The number of nitrogens with zero attached hydrogens (tertiary/aromatic N) is 1. The standard InChI is InChI=1S/C23H48NO2/c1-5-8-9-10-11-12-13-14-15-16-17-18-19-20-23(26)22(21-25)24(4,6-2)7-3/h19-20,22-23,25-26H,5-18,21H2,1-4H3/q+1/b20-19+/t22-,23+/m0/s1. The number of allylic oxidation sites excluding steroid dienone is 1. The van der Waals surface area contributed by atoms with Crippen LogP contribution in [0.4, 0.5) is 0 Å². The molecule has 0 aliphatic heterocycles. The predicted molar refractivity (Wildman–Crippen MR) is 114 cm³/mol. The van der Waals surface area contributed by atoms with Crippen molar-refractivity contribution >= 4 is 0 Å². The molecule has 0 saturated heterocycles. The van der Waals surface area contributed by atoms with Crippen LogP contribution in [0.3, 0.4) is 0 Å². The highest BCUT2D eigenvalue weighted by Gasteiger charge is 2.33. The Balaban J connectivity index is 3.74. The first-order valence-electron chi connectivity index (χ1n) is 11.4. The quantitative estimate of drug-likeness (QED) is 0.191. The molecule has 0 aromatic heterocycles. The minimum atomic E-state index is -0.558. The first-order valence-corrected chi connectivity index (χ1v) is 11.4. The van der Waals surface area contributed by atoms with Gasteiger partial charge in [0.2, 0.25) is 0 Å². The lowest BCUT2D eigenvalue weighted by Gasteiger charge is -2.40. The monoisotopic (exact) mass is 370 g/mol. The Bertz CT molecular complexity index is 326. The summed E-state index contributed by atoms with van der Waals surface area (Å²) in [5.74, 6) is 0. The van der Waals surface area contributed by atoms with Crippen molar-refractivity contribution < 1.29 is 14.7 Å². The topological polar surface area (TPSA) is 40.5 Å². The van der Waals surface area contributed by atoms with E-state index in [9.17, 15) is 10.2 Å². The molecule has 26 heavy (non-hydrogen) atoms. The third kappa shape index (κ3) is 11.4. The summed E-state index contributed by atoms with van der Waals surface area (Å²) in [5.41, 5.74) is 0. The van der Waals surface area contributed by atoms with Gasteiger partial charge in [0.05, 0.1) is 26.7 Å². The van der Waals surface area contributed by atoms with Gasteiger partial charge in [0, 0.05) is 0 Å². The Morgan fingerprint density at radius 1 is 0.769 bits per heavy atom. The molecule has 0 aromatic rings. The molecule has 0 unspecified atom stereocenters. The van der Waals surface area contributed by atoms with Crippen LogP contribution in [0.15, 0.2) is 12.2 Å². The van der Waals surface area contributed by atoms with Gasteiger partial charge in [0.25, 0.3) is 0 Å². The molecule has 156 valence electrons. The summed E-state index contributed by atoms with van der Waals surface area (Å²) in [5, 5.41) is 20.1. The molecule has 0 rings (SSSR count). The van der Waals surface area contributed by atoms with E-state index in [2.05, 4.69) is 33.9 Å². The van der Waals surface area contributed by atoms with Crippen LogP contribution in [-0.2, 0) is 0 Å². The molecule has 0 aliphatic rings. The fourth-order valence-electron chi connectivity index (χ4n) is 3.66. The van der Waals surface area contributed by atoms with Crippen LogP contribution in [0.25, 0.3) is 0 Å². The Morgan fingerprint density at radius 2 is 1.23 bits per heavy atom. The molecule has 3 nitrogen and oxygen atoms in total. The van der Waals surface area contributed by atoms with Crippen molar-refractivity contribution in [3.05, 3.63) is 12.2 Å². The number of rotatable bonds is 18. The highest BCUT2D eigenvalue weighted by Crippen LogP contribution is 2.15. The van der Waals surface area contributed by atoms with E-state index in [1.807, 2.05) is 6.08 Å². The highest BCUT2D eigenvalue weighted by molar-refractivity contribution is 4.93. The second-order valence-electron chi connectivity index (χ2n) is 8.10. The molecular formula is C23H48NO2+. The maximum absolute atomic E-state index is 10.4. The van der Waals surface area contributed by atoms with E-state index in [1.54, 1.807) is 0 Å². The van der Waals surface area contributed by atoms with Crippen LogP contribution in [0.5, 0.6) is 0 Å². The molecule has 0 spiro atoms. The lowest BCUT2D eigenvalue weighted by molar-refractivity contribution is -0.933. The summed E-state index contributed by atoms with van der Waals surface area (Å²) < 4.78 is 0.709. The van der Waals surface area contributed by atoms with E-state index in [1.165, 1.54) is 70.6 Å². The number of likely N-dealkylation sites (N-methyl/N-ethyl adjacent to an activating group) is 1. The van der Waals surface area contributed by atoms with E-state index >= 15 is 0 Å². The minimum absolute atomic E-state index is 0.0299. The largest absolute Gasteiger partial charge is 0.390 e.